The molecule has 0 saturated carbocycles. The summed E-state index contributed by atoms with van der Waals surface area (Å²) in [6, 6.07) is 1.76. The molecule has 0 saturated heterocycles. The molecule has 16 heavy (non-hydrogen) atoms. The summed E-state index contributed by atoms with van der Waals surface area (Å²) < 4.78 is 6.23. The van der Waals surface area contributed by atoms with Gasteiger partial charge in [-0.1, -0.05) is 0 Å². The number of esters is 1. The second-order valence-corrected chi connectivity index (χ2v) is 3.28. The van der Waals surface area contributed by atoms with E-state index in [0.717, 1.165) is 0 Å². The number of carbonyl (C=O) groups excluding carboxylic acids is 1. The van der Waals surface area contributed by atoms with Gasteiger partial charge in [-0.25, -0.2) is 9.78 Å². The lowest BCUT2D eigenvalue weighted by Gasteiger charge is -2.22. The maximum atomic E-state index is 11.6. The van der Waals surface area contributed by atoms with Crippen LogP contribution in [0.2, 0.25) is 0 Å². The highest BCUT2D eigenvalue weighted by Crippen LogP contribution is 2.24. The van der Waals surface area contributed by atoms with Gasteiger partial charge in [0.1, 0.15) is 0 Å². The van der Waals surface area contributed by atoms with E-state index in [-0.39, 0.29) is 12.4 Å². The summed E-state index contributed by atoms with van der Waals surface area (Å²) in [4.78, 5) is 15.5. The molecule has 6 nitrogen and oxygen atoms in total. The number of hydrogen-bond acceptors (Lipinski definition) is 5. The summed E-state index contributed by atoms with van der Waals surface area (Å²) in [6.07, 6.45) is 2.63. The summed E-state index contributed by atoms with van der Waals surface area (Å²) in [5, 5.41) is 18.8. The number of nitriles is 1. The molecule has 0 amide bonds. The fourth-order valence-electron chi connectivity index (χ4n) is 1.37. The molecule has 1 aromatic rings. The summed E-state index contributed by atoms with van der Waals surface area (Å²) in [5.74, 6) is -0.752. The van der Waals surface area contributed by atoms with E-state index in [1.807, 2.05) is 0 Å². The third-order valence-corrected chi connectivity index (χ3v) is 2.14. The van der Waals surface area contributed by atoms with Crippen LogP contribution in [0.25, 0.3) is 0 Å². The Morgan fingerprint density at radius 2 is 2.50 bits per heavy atom. The molecular formula is C10H13N3O3. The first-order valence-corrected chi connectivity index (χ1v) is 4.80. The van der Waals surface area contributed by atoms with Crippen LogP contribution in [0.5, 0.6) is 0 Å². The highest BCUT2D eigenvalue weighted by Gasteiger charge is 2.43. The highest BCUT2D eigenvalue weighted by molar-refractivity contribution is 5.80. The molecule has 1 atom stereocenters. The Labute approximate surface area is 93.1 Å². The smallest absolute Gasteiger partial charge is 0.347 e. The first kappa shape index (κ1) is 12.2. The van der Waals surface area contributed by atoms with Crippen LogP contribution in [0.3, 0.4) is 0 Å². The number of rotatable bonds is 4. The van der Waals surface area contributed by atoms with Crippen LogP contribution < -0.4 is 0 Å². The molecule has 1 aromatic heterocycles. The van der Waals surface area contributed by atoms with E-state index in [9.17, 15) is 9.90 Å². The van der Waals surface area contributed by atoms with Crippen molar-refractivity contribution in [3.63, 3.8) is 0 Å². The molecule has 0 fully saturated rings. The van der Waals surface area contributed by atoms with Gasteiger partial charge >= 0.3 is 5.97 Å². The van der Waals surface area contributed by atoms with Gasteiger partial charge in [-0.2, -0.15) is 5.26 Å². The van der Waals surface area contributed by atoms with E-state index in [1.165, 1.54) is 10.8 Å². The van der Waals surface area contributed by atoms with Crippen molar-refractivity contribution in [2.45, 2.75) is 18.9 Å². The predicted molar refractivity (Wildman–Crippen MR) is 54.0 cm³/mol. The molecule has 1 rings (SSSR count). The Morgan fingerprint density at radius 3 is 2.94 bits per heavy atom. The Hall–Kier alpha value is -1.87. The number of aliphatic hydroxyl groups is 1. The molecule has 6 heteroatoms. The van der Waals surface area contributed by atoms with Crippen molar-refractivity contribution in [2.75, 3.05) is 6.61 Å². The van der Waals surface area contributed by atoms with Gasteiger partial charge in [-0.15, -0.1) is 0 Å². The average Bonchev–Trinajstić information content (AvgIpc) is 2.65. The Balaban J connectivity index is 3.12. The molecule has 0 unspecified atom stereocenters. The fraction of sp³-hybridized carbons (Fsp3) is 0.500. The van der Waals surface area contributed by atoms with Gasteiger partial charge in [0.15, 0.2) is 5.82 Å². The summed E-state index contributed by atoms with van der Waals surface area (Å²) in [6.45, 7) is 1.76. The largest absolute Gasteiger partial charge is 0.463 e. The van der Waals surface area contributed by atoms with Gasteiger partial charge in [0.05, 0.1) is 19.1 Å². The molecule has 0 aliphatic rings. The second-order valence-electron chi connectivity index (χ2n) is 3.28. The zero-order valence-corrected chi connectivity index (χ0v) is 9.17. The molecule has 1 N–H and O–H groups in total. The Kier molecular flexibility index (Phi) is 3.64. The first-order chi connectivity index (χ1) is 7.56. The van der Waals surface area contributed by atoms with Crippen molar-refractivity contribution in [1.82, 2.24) is 9.55 Å². The van der Waals surface area contributed by atoms with Gasteiger partial charge in [0.25, 0.3) is 0 Å². The van der Waals surface area contributed by atoms with Crippen LogP contribution in [-0.4, -0.2) is 27.2 Å². The van der Waals surface area contributed by atoms with Crippen LogP contribution in [0.15, 0.2) is 12.4 Å². The summed E-state index contributed by atoms with van der Waals surface area (Å²) in [7, 11) is 1.63. The molecular weight excluding hydrogens is 210 g/mol. The van der Waals surface area contributed by atoms with E-state index in [4.69, 9.17) is 10.00 Å². The van der Waals surface area contributed by atoms with Crippen LogP contribution >= 0.6 is 0 Å². The van der Waals surface area contributed by atoms with Gasteiger partial charge in [0.2, 0.25) is 5.60 Å². The van der Waals surface area contributed by atoms with Crippen molar-refractivity contribution in [1.29, 1.82) is 5.26 Å². The van der Waals surface area contributed by atoms with Crippen LogP contribution in [0, 0.1) is 11.3 Å². The molecule has 1 heterocycles. The second kappa shape index (κ2) is 4.77. The molecule has 0 bridgehead atoms. The zero-order valence-electron chi connectivity index (χ0n) is 9.17. The lowest BCUT2D eigenvalue weighted by atomic mass is 10.00. The molecule has 0 spiro atoms. The van der Waals surface area contributed by atoms with Crippen molar-refractivity contribution in [3.05, 3.63) is 18.2 Å². The van der Waals surface area contributed by atoms with Crippen LogP contribution in [0.1, 0.15) is 19.2 Å². The van der Waals surface area contributed by atoms with Crippen molar-refractivity contribution >= 4 is 5.97 Å². The molecule has 0 aromatic carbocycles. The first-order valence-electron chi connectivity index (χ1n) is 4.80. The standard InChI is InChI=1S/C10H13N3O3/c1-3-16-9(14)10(15,4-5-11)8-12-6-7-13(8)2/h6-7,15H,3-4H2,1-2H3/t10-/m1/s1. The lowest BCUT2D eigenvalue weighted by Crippen LogP contribution is -2.39. The number of carbonyl (C=O) groups is 1. The molecule has 0 radical (unpaired) electrons. The third kappa shape index (κ3) is 2.04. The minimum Gasteiger partial charge on any atom is -0.463 e. The van der Waals surface area contributed by atoms with Gasteiger partial charge in [0, 0.05) is 19.4 Å². The van der Waals surface area contributed by atoms with E-state index in [2.05, 4.69) is 4.98 Å². The van der Waals surface area contributed by atoms with Gasteiger partial charge < -0.3 is 14.4 Å². The number of nitrogens with zero attached hydrogens (tertiary/aromatic N) is 3. The summed E-state index contributed by atoms with van der Waals surface area (Å²) >= 11 is 0. The van der Waals surface area contributed by atoms with Crippen molar-refractivity contribution in [2.24, 2.45) is 7.05 Å². The normalized spacial score (nSPS) is 13.9. The molecule has 86 valence electrons. The topological polar surface area (TPSA) is 88.1 Å². The number of aryl methyl sites for hydroxylation is 1. The monoisotopic (exact) mass is 223 g/mol. The van der Waals surface area contributed by atoms with Gasteiger partial charge in [-0.3, -0.25) is 0 Å². The molecule has 0 aliphatic heterocycles. The third-order valence-electron chi connectivity index (χ3n) is 2.14. The maximum absolute atomic E-state index is 11.6. The Morgan fingerprint density at radius 1 is 1.81 bits per heavy atom. The van der Waals surface area contributed by atoms with Crippen LogP contribution in [0.4, 0.5) is 0 Å². The predicted octanol–water partition coefficient (Wildman–Crippen LogP) is 0.0845. The SMILES string of the molecule is CCOC(=O)[C@@](O)(CC#N)c1nccn1C. The van der Waals surface area contributed by atoms with Crippen LogP contribution in [-0.2, 0) is 22.2 Å². The van der Waals surface area contributed by atoms with Gasteiger partial charge in [-0.05, 0) is 6.92 Å². The highest BCUT2D eigenvalue weighted by atomic mass is 16.5. The number of hydrogen-bond donors (Lipinski definition) is 1. The maximum Gasteiger partial charge on any atom is 0.347 e. The van der Waals surface area contributed by atoms with E-state index >= 15 is 0 Å². The average molecular weight is 223 g/mol. The van der Waals surface area contributed by atoms with E-state index in [1.54, 1.807) is 26.2 Å². The van der Waals surface area contributed by atoms with E-state index in [0.29, 0.717) is 0 Å². The van der Waals surface area contributed by atoms with Crippen molar-refractivity contribution in [3.8, 4) is 6.07 Å². The van der Waals surface area contributed by atoms with Crippen molar-refractivity contribution < 1.29 is 14.6 Å². The molecule has 0 aliphatic carbocycles. The summed E-state index contributed by atoms with van der Waals surface area (Å²) in [5.41, 5.74) is -2.00. The quantitative estimate of drug-likeness (QED) is 0.730. The number of imidazole rings is 1. The Bertz CT molecular complexity index is 421. The van der Waals surface area contributed by atoms with E-state index < -0.39 is 18.0 Å². The number of ether oxygens (including phenoxy) is 1. The minimum atomic E-state index is -2.00. The minimum absolute atomic E-state index is 0.104. The zero-order chi connectivity index (χ0) is 12.2. The lowest BCUT2D eigenvalue weighted by molar-refractivity contribution is -0.167. The fourth-order valence-corrected chi connectivity index (χ4v) is 1.37. The number of aromatic nitrogens is 2.